The second-order valence-corrected chi connectivity index (χ2v) is 3.09. The van der Waals surface area contributed by atoms with E-state index in [4.69, 9.17) is 5.84 Å². The molecule has 1 aromatic rings. The first-order chi connectivity index (χ1) is 5.81. The van der Waals surface area contributed by atoms with Gasteiger partial charge in [0.05, 0.1) is 5.56 Å². The number of hydrogen-bond donors (Lipinski definition) is 3. The van der Waals surface area contributed by atoms with Crippen LogP contribution < -0.4 is 11.3 Å². The summed E-state index contributed by atoms with van der Waals surface area (Å²) in [5, 5.41) is 0. The number of rotatable bonds is 2. The topological polar surface area (TPSA) is 70.9 Å². The second kappa shape index (κ2) is 2.64. The molecule has 1 aliphatic carbocycles. The third-order valence-electron chi connectivity index (χ3n) is 2.12. The average Bonchev–Trinajstić information content (AvgIpc) is 2.83. The zero-order valence-electron chi connectivity index (χ0n) is 6.63. The van der Waals surface area contributed by atoms with Crippen LogP contribution in [0.2, 0.25) is 0 Å². The van der Waals surface area contributed by atoms with Crippen LogP contribution in [-0.4, -0.2) is 10.9 Å². The van der Waals surface area contributed by atoms with E-state index in [0.717, 1.165) is 5.69 Å². The molecule has 0 radical (unpaired) electrons. The Labute approximate surface area is 70.1 Å². The van der Waals surface area contributed by atoms with Crippen molar-refractivity contribution in [2.24, 2.45) is 5.84 Å². The monoisotopic (exact) mass is 165 g/mol. The minimum Gasteiger partial charge on any atom is -0.364 e. The number of hydrazine groups is 1. The van der Waals surface area contributed by atoms with Crippen LogP contribution in [0, 0.1) is 0 Å². The first-order valence-electron chi connectivity index (χ1n) is 4.00. The van der Waals surface area contributed by atoms with E-state index >= 15 is 0 Å². The molecule has 12 heavy (non-hydrogen) atoms. The van der Waals surface area contributed by atoms with Gasteiger partial charge in [-0.2, -0.15) is 0 Å². The molecule has 0 aromatic carbocycles. The lowest BCUT2D eigenvalue weighted by Gasteiger charge is -1.91. The Bertz CT molecular complexity index is 301. The third kappa shape index (κ3) is 1.21. The van der Waals surface area contributed by atoms with Gasteiger partial charge in [0, 0.05) is 11.9 Å². The molecule has 1 heterocycles. The Hall–Kier alpha value is -1.29. The van der Waals surface area contributed by atoms with Gasteiger partial charge in [0.25, 0.3) is 5.91 Å². The van der Waals surface area contributed by atoms with Gasteiger partial charge in [-0.3, -0.25) is 10.2 Å². The summed E-state index contributed by atoms with van der Waals surface area (Å²) in [7, 11) is 0. The lowest BCUT2D eigenvalue weighted by atomic mass is 10.2. The van der Waals surface area contributed by atoms with Crippen molar-refractivity contribution in [3.8, 4) is 0 Å². The van der Waals surface area contributed by atoms with Crippen LogP contribution in [0.15, 0.2) is 12.3 Å². The van der Waals surface area contributed by atoms with E-state index < -0.39 is 0 Å². The first kappa shape index (κ1) is 7.36. The second-order valence-electron chi connectivity index (χ2n) is 3.09. The van der Waals surface area contributed by atoms with Crippen molar-refractivity contribution in [1.29, 1.82) is 0 Å². The predicted octanol–water partition coefficient (Wildman–Crippen LogP) is 0.496. The summed E-state index contributed by atoms with van der Waals surface area (Å²) < 4.78 is 0. The summed E-state index contributed by atoms with van der Waals surface area (Å²) in [5.74, 6) is 5.40. The maximum Gasteiger partial charge on any atom is 0.266 e. The van der Waals surface area contributed by atoms with Crippen LogP contribution in [0.3, 0.4) is 0 Å². The standard InChI is InChI=1S/C8H11N3O/c9-11-8(12)6-3-7(10-4-6)5-1-2-5/h3-5,10H,1-2,9H2,(H,11,12). The Balaban J connectivity index is 2.17. The fraction of sp³-hybridized carbons (Fsp3) is 0.375. The molecule has 0 saturated heterocycles. The fourth-order valence-corrected chi connectivity index (χ4v) is 1.26. The molecule has 1 saturated carbocycles. The Morgan fingerprint density at radius 2 is 2.42 bits per heavy atom. The summed E-state index contributed by atoms with van der Waals surface area (Å²) in [6.07, 6.45) is 4.14. The zero-order chi connectivity index (χ0) is 8.55. The van der Waals surface area contributed by atoms with Crippen molar-refractivity contribution in [3.05, 3.63) is 23.5 Å². The Morgan fingerprint density at radius 3 is 3.00 bits per heavy atom. The van der Waals surface area contributed by atoms with Crippen molar-refractivity contribution >= 4 is 5.91 Å². The van der Waals surface area contributed by atoms with Crippen molar-refractivity contribution in [2.45, 2.75) is 18.8 Å². The van der Waals surface area contributed by atoms with E-state index in [1.165, 1.54) is 12.8 Å². The van der Waals surface area contributed by atoms with Crippen LogP contribution in [0.5, 0.6) is 0 Å². The summed E-state index contributed by atoms with van der Waals surface area (Å²) >= 11 is 0. The predicted molar refractivity (Wildman–Crippen MR) is 44.4 cm³/mol. The lowest BCUT2D eigenvalue weighted by molar-refractivity contribution is 0.0954. The average molecular weight is 165 g/mol. The van der Waals surface area contributed by atoms with E-state index in [1.807, 2.05) is 6.07 Å². The van der Waals surface area contributed by atoms with Gasteiger partial charge in [0.2, 0.25) is 0 Å². The molecule has 0 bridgehead atoms. The smallest absolute Gasteiger partial charge is 0.266 e. The number of amides is 1. The van der Waals surface area contributed by atoms with Gasteiger partial charge in [-0.25, -0.2) is 5.84 Å². The maximum atomic E-state index is 11.0. The highest BCUT2D eigenvalue weighted by molar-refractivity contribution is 5.93. The summed E-state index contributed by atoms with van der Waals surface area (Å²) in [4.78, 5) is 14.1. The van der Waals surface area contributed by atoms with Crippen LogP contribution in [0.25, 0.3) is 0 Å². The number of nitrogens with one attached hydrogen (secondary N) is 2. The van der Waals surface area contributed by atoms with Crippen molar-refractivity contribution in [1.82, 2.24) is 10.4 Å². The molecule has 1 fully saturated rings. The molecular formula is C8H11N3O. The Kier molecular flexibility index (Phi) is 1.62. The minimum absolute atomic E-state index is 0.238. The van der Waals surface area contributed by atoms with Crippen molar-refractivity contribution < 1.29 is 4.79 Å². The number of carbonyl (C=O) groups excluding carboxylic acids is 1. The number of nitrogen functional groups attached to an aromatic ring is 1. The van der Waals surface area contributed by atoms with Crippen molar-refractivity contribution in [3.63, 3.8) is 0 Å². The molecule has 1 aliphatic rings. The van der Waals surface area contributed by atoms with Gasteiger partial charge in [-0.15, -0.1) is 0 Å². The van der Waals surface area contributed by atoms with E-state index in [2.05, 4.69) is 10.4 Å². The number of aromatic nitrogens is 1. The van der Waals surface area contributed by atoms with E-state index in [0.29, 0.717) is 11.5 Å². The summed E-state index contributed by atoms with van der Waals surface area (Å²) in [6.45, 7) is 0. The van der Waals surface area contributed by atoms with Gasteiger partial charge >= 0.3 is 0 Å². The molecule has 64 valence electrons. The fourth-order valence-electron chi connectivity index (χ4n) is 1.26. The molecular weight excluding hydrogens is 154 g/mol. The normalized spacial score (nSPS) is 16.1. The van der Waals surface area contributed by atoms with Gasteiger partial charge in [0.15, 0.2) is 0 Å². The van der Waals surface area contributed by atoms with E-state index in [-0.39, 0.29) is 5.91 Å². The minimum atomic E-state index is -0.238. The number of H-pyrrole nitrogens is 1. The zero-order valence-corrected chi connectivity index (χ0v) is 6.63. The van der Waals surface area contributed by atoms with Crippen LogP contribution in [-0.2, 0) is 0 Å². The summed E-state index contributed by atoms with van der Waals surface area (Å²) in [5.41, 5.74) is 3.85. The highest BCUT2D eigenvalue weighted by Gasteiger charge is 2.25. The van der Waals surface area contributed by atoms with Gasteiger partial charge < -0.3 is 4.98 Å². The molecule has 0 atom stereocenters. The molecule has 0 aliphatic heterocycles. The van der Waals surface area contributed by atoms with Crippen molar-refractivity contribution in [2.75, 3.05) is 0 Å². The van der Waals surface area contributed by atoms with Crippen LogP contribution in [0.1, 0.15) is 34.8 Å². The number of carbonyl (C=O) groups is 1. The van der Waals surface area contributed by atoms with E-state index in [1.54, 1.807) is 6.20 Å². The number of nitrogens with two attached hydrogens (primary N) is 1. The number of hydrogen-bond acceptors (Lipinski definition) is 2. The maximum absolute atomic E-state index is 11.0. The highest BCUT2D eigenvalue weighted by Crippen LogP contribution is 2.39. The SMILES string of the molecule is NNC(=O)c1c[nH]c(C2CC2)c1. The molecule has 0 spiro atoms. The van der Waals surface area contributed by atoms with Gasteiger partial charge in [0.1, 0.15) is 0 Å². The first-order valence-corrected chi connectivity index (χ1v) is 4.00. The Morgan fingerprint density at radius 1 is 1.67 bits per heavy atom. The molecule has 2 rings (SSSR count). The number of aromatic amines is 1. The van der Waals surface area contributed by atoms with E-state index in [9.17, 15) is 4.79 Å². The van der Waals surface area contributed by atoms with Gasteiger partial charge in [-0.1, -0.05) is 0 Å². The molecule has 1 amide bonds. The molecule has 4 heteroatoms. The summed E-state index contributed by atoms with van der Waals surface area (Å²) in [6, 6.07) is 1.86. The highest BCUT2D eigenvalue weighted by atomic mass is 16.2. The quantitative estimate of drug-likeness (QED) is 0.339. The van der Waals surface area contributed by atoms with Crippen LogP contribution >= 0.6 is 0 Å². The molecule has 1 aromatic heterocycles. The molecule has 0 unspecified atom stereocenters. The largest absolute Gasteiger partial charge is 0.364 e. The van der Waals surface area contributed by atoms with Gasteiger partial charge in [-0.05, 0) is 24.8 Å². The third-order valence-corrected chi connectivity index (χ3v) is 2.12. The van der Waals surface area contributed by atoms with Crippen LogP contribution in [0.4, 0.5) is 0 Å². The molecule has 4 nitrogen and oxygen atoms in total. The lowest BCUT2D eigenvalue weighted by Crippen LogP contribution is -2.29. The molecule has 4 N–H and O–H groups in total.